The number of halogens is 2. The van der Waals surface area contributed by atoms with Crippen LogP contribution in [-0.4, -0.2) is 4.98 Å². The van der Waals surface area contributed by atoms with Gasteiger partial charge in [0, 0.05) is 17.1 Å². The van der Waals surface area contributed by atoms with Gasteiger partial charge in [-0.05, 0) is 35.9 Å². The molecule has 0 spiro atoms. The molecule has 0 saturated heterocycles. The minimum atomic E-state index is -0.297. The van der Waals surface area contributed by atoms with Gasteiger partial charge in [-0.25, -0.2) is 4.39 Å². The Kier molecular flexibility index (Phi) is 4.26. The fourth-order valence-corrected chi connectivity index (χ4v) is 2.24. The maximum atomic E-state index is 12.9. The van der Waals surface area contributed by atoms with Crippen molar-refractivity contribution in [3.8, 4) is 17.5 Å². The molecule has 0 saturated carbocycles. The number of aromatic nitrogens is 1. The summed E-state index contributed by atoms with van der Waals surface area (Å²) in [6, 6.07) is 15.1. The topological polar surface area (TPSA) is 61.9 Å². The summed E-state index contributed by atoms with van der Waals surface area (Å²) in [6.07, 6.45) is 0. The zero-order valence-electron chi connectivity index (χ0n) is 11.9. The quantitative estimate of drug-likeness (QED) is 0.759. The number of hydrogen-bond acceptors (Lipinski definition) is 4. The zero-order valence-corrected chi connectivity index (χ0v) is 12.6. The molecule has 4 nitrogen and oxygen atoms in total. The monoisotopic (exact) mass is 327 g/mol. The van der Waals surface area contributed by atoms with Crippen LogP contribution < -0.4 is 5.32 Å². The minimum Gasteiger partial charge on any atom is -0.419 e. The van der Waals surface area contributed by atoms with E-state index in [9.17, 15) is 9.65 Å². The molecule has 2 aromatic carbocycles. The van der Waals surface area contributed by atoms with Crippen LogP contribution in [0.3, 0.4) is 0 Å². The van der Waals surface area contributed by atoms with Crippen molar-refractivity contribution in [2.45, 2.75) is 6.54 Å². The molecule has 0 bridgehead atoms. The van der Waals surface area contributed by atoms with E-state index in [-0.39, 0.29) is 17.4 Å². The summed E-state index contributed by atoms with van der Waals surface area (Å²) < 4.78 is 18.5. The van der Waals surface area contributed by atoms with Gasteiger partial charge in [0.05, 0.1) is 0 Å². The van der Waals surface area contributed by atoms with Gasteiger partial charge in [-0.1, -0.05) is 29.8 Å². The number of benzene rings is 2. The lowest BCUT2D eigenvalue weighted by Crippen LogP contribution is -1.99. The van der Waals surface area contributed by atoms with E-state index in [2.05, 4.69) is 10.3 Å². The summed E-state index contributed by atoms with van der Waals surface area (Å²) in [5.74, 6) is 0.284. The predicted molar refractivity (Wildman–Crippen MR) is 85.4 cm³/mol. The maximum absolute atomic E-state index is 12.9. The Morgan fingerprint density at radius 3 is 2.70 bits per heavy atom. The Hall–Kier alpha value is -2.84. The van der Waals surface area contributed by atoms with E-state index in [0.29, 0.717) is 23.0 Å². The number of oxazole rings is 1. The van der Waals surface area contributed by atoms with Crippen LogP contribution in [0.2, 0.25) is 5.02 Å². The molecule has 0 atom stereocenters. The highest BCUT2D eigenvalue weighted by Crippen LogP contribution is 2.27. The van der Waals surface area contributed by atoms with Crippen LogP contribution in [0.15, 0.2) is 52.9 Å². The van der Waals surface area contributed by atoms with Gasteiger partial charge in [0.15, 0.2) is 0 Å². The van der Waals surface area contributed by atoms with Gasteiger partial charge < -0.3 is 9.73 Å². The van der Waals surface area contributed by atoms with Crippen molar-refractivity contribution in [3.63, 3.8) is 0 Å². The first-order valence-electron chi connectivity index (χ1n) is 6.81. The smallest absolute Gasteiger partial charge is 0.232 e. The van der Waals surface area contributed by atoms with Crippen molar-refractivity contribution in [1.82, 2.24) is 4.98 Å². The summed E-state index contributed by atoms with van der Waals surface area (Å²) in [4.78, 5) is 4.16. The van der Waals surface area contributed by atoms with Crippen LogP contribution in [0, 0.1) is 17.1 Å². The molecule has 0 aliphatic heterocycles. The molecular weight excluding hydrogens is 317 g/mol. The predicted octanol–water partition coefficient (Wildman–Crippen LogP) is 4.62. The van der Waals surface area contributed by atoms with Crippen molar-refractivity contribution in [2.75, 3.05) is 5.32 Å². The van der Waals surface area contributed by atoms with Crippen LogP contribution in [-0.2, 0) is 6.54 Å². The van der Waals surface area contributed by atoms with E-state index in [1.54, 1.807) is 36.4 Å². The average molecular weight is 328 g/mol. The first-order chi connectivity index (χ1) is 11.2. The average Bonchev–Trinajstić information content (AvgIpc) is 2.98. The minimum absolute atomic E-state index is 0.155. The second-order valence-corrected chi connectivity index (χ2v) is 5.24. The molecule has 1 N–H and O–H groups in total. The lowest BCUT2D eigenvalue weighted by molar-refractivity contribution is 0.585. The number of hydrogen-bond donors (Lipinski definition) is 1. The molecule has 0 aliphatic carbocycles. The van der Waals surface area contributed by atoms with E-state index in [4.69, 9.17) is 16.0 Å². The van der Waals surface area contributed by atoms with Gasteiger partial charge >= 0.3 is 0 Å². The molecule has 3 aromatic rings. The number of nitrogens with zero attached hydrogens (tertiary/aromatic N) is 2. The molecule has 0 aliphatic rings. The highest BCUT2D eigenvalue weighted by molar-refractivity contribution is 6.30. The third-order valence-electron chi connectivity index (χ3n) is 3.17. The molecule has 114 valence electrons. The van der Waals surface area contributed by atoms with Crippen molar-refractivity contribution in [2.24, 2.45) is 0 Å². The van der Waals surface area contributed by atoms with Crippen molar-refractivity contribution < 1.29 is 8.81 Å². The van der Waals surface area contributed by atoms with Crippen LogP contribution in [0.1, 0.15) is 11.3 Å². The second kappa shape index (κ2) is 6.51. The lowest BCUT2D eigenvalue weighted by atomic mass is 10.2. The number of nitriles is 1. The van der Waals surface area contributed by atoms with Gasteiger partial charge in [-0.15, -0.1) is 0 Å². The molecule has 1 aromatic heterocycles. The highest BCUT2D eigenvalue weighted by Gasteiger charge is 2.14. The van der Waals surface area contributed by atoms with E-state index in [1.165, 1.54) is 12.1 Å². The Labute approximate surface area is 137 Å². The van der Waals surface area contributed by atoms with Crippen LogP contribution >= 0.6 is 11.6 Å². The normalized spacial score (nSPS) is 10.3. The second-order valence-electron chi connectivity index (χ2n) is 4.80. The Bertz CT molecular complexity index is 868. The summed E-state index contributed by atoms with van der Waals surface area (Å²) in [6.45, 7) is 0.388. The van der Waals surface area contributed by atoms with Gasteiger partial charge in [-0.2, -0.15) is 10.2 Å². The molecule has 0 fully saturated rings. The van der Waals surface area contributed by atoms with Crippen LogP contribution in [0.5, 0.6) is 0 Å². The highest BCUT2D eigenvalue weighted by atomic mass is 35.5. The number of anilines is 1. The first-order valence-corrected chi connectivity index (χ1v) is 7.18. The Morgan fingerprint density at radius 2 is 2.00 bits per heavy atom. The first kappa shape index (κ1) is 15.1. The SMILES string of the molecule is N#Cc1nc(-c2cccc(Cl)c2)oc1NCc1ccc(F)cc1. The van der Waals surface area contributed by atoms with Gasteiger partial charge in [0.25, 0.3) is 0 Å². The lowest BCUT2D eigenvalue weighted by Gasteiger charge is -2.03. The Morgan fingerprint density at radius 1 is 1.22 bits per heavy atom. The van der Waals surface area contributed by atoms with Crippen LogP contribution in [0.4, 0.5) is 10.3 Å². The maximum Gasteiger partial charge on any atom is 0.232 e. The van der Waals surface area contributed by atoms with Gasteiger partial charge in [0.1, 0.15) is 11.9 Å². The Balaban J connectivity index is 1.82. The van der Waals surface area contributed by atoms with Crippen LogP contribution in [0.25, 0.3) is 11.5 Å². The molecule has 3 rings (SSSR count). The van der Waals surface area contributed by atoms with E-state index < -0.39 is 0 Å². The molecule has 6 heteroatoms. The van der Waals surface area contributed by atoms with Gasteiger partial charge in [-0.3, -0.25) is 0 Å². The number of nitrogens with one attached hydrogen (secondary N) is 1. The third-order valence-corrected chi connectivity index (χ3v) is 3.41. The van der Waals surface area contributed by atoms with E-state index >= 15 is 0 Å². The molecule has 0 unspecified atom stereocenters. The van der Waals surface area contributed by atoms with E-state index in [1.807, 2.05) is 6.07 Å². The molecule has 0 radical (unpaired) electrons. The number of rotatable bonds is 4. The summed E-state index contributed by atoms with van der Waals surface area (Å²) in [5.41, 5.74) is 1.70. The zero-order chi connectivity index (χ0) is 16.2. The van der Waals surface area contributed by atoms with E-state index in [0.717, 1.165) is 5.56 Å². The van der Waals surface area contributed by atoms with Crippen molar-refractivity contribution in [3.05, 3.63) is 70.6 Å². The molecule has 23 heavy (non-hydrogen) atoms. The summed E-state index contributed by atoms with van der Waals surface area (Å²) in [7, 11) is 0. The summed E-state index contributed by atoms with van der Waals surface area (Å²) in [5, 5.41) is 12.7. The molecular formula is C17H11ClFN3O. The van der Waals surface area contributed by atoms with Crippen molar-refractivity contribution in [1.29, 1.82) is 5.26 Å². The molecule has 0 amide bonds. The molecule has 1 heterocycles. The fourth-order valence-electron chi connectivity index (χ4n) is 2.05. The fraction of sp³-hybridized carbons (Fsp3) is 0.0588. The largest absolute Gasteiger partial charge is 0.419 e. The summed E-state index contributed by atoms with van der Waals surface area (Å²) >= 11 is 5.95. The standard InChI is InChI=1S/C17H11ClFN3O/c18-13-3-1-2-12(8-13)16-22-15(9-20)17(23-16)21-10-11-4-6-14(19)7-5-11/h1-8,21H,10H2. The third kappa shape index (κ3) is 3.50. The van der Waals surface area contributed by atoms with Crippen molar-refractivity contribution >= 4 is 17.5 Å². The van der Waals surface area contributed by atoms with Gasteiger partial charge in [0.2, 0.25) is 17.5 Å².